The van der Waals surface area contributed by atoms with Crippen LogP contribution in [0.2, 0.25) is 0 Å². The average molecular weight is 542 g/mol. The van der Waals surface area contributed by atoms with Crippen molar-refractivity contribution in [3.05, 3.63) is 94.9 Å². The summed E-state index contributed by atoms with van der Waals surface area (Å²) in [5.74, 6) is -0.0727. The number of anilines is 2. The molecule has 3 aromatic carbocycles. The van der Waals surface area contributed by atoms with Crippen LogP contribution in [0.1, 0.15) is 54.6 Å². The standard InChI is InChI=1S/C32H35N3O3S/c1-23(2)35(20-24-9-11-27(12-10-24)31(36)37)32-33-30(22-39-32)26-13-15-29(16-14-26)38-21-25-7-6-8-28(19-25)34-17-4-3-5-18-34/h6-16,19,22-23H,3-5,17-18,20-21H2,1-2H3,(H,36,37). The Morgan fingerprint density at radius 3 is 2.44 bits per heavy atom. The Labute approximate surface area is 234 Å². The number of benzene rings is 3. The third-order valence-electron chi connectivity index (χ3n) is 7.10. The van der Waals surface area contributed by atoms with Gasteiger partial charge in [-0.25, -0.2) is 9.78 Å². The van der Waals surface area contributed by atoms with E-state index in [0.717, 1.165) is 40.8 Å². The normalized spacial score (nSPS) is 13.5. The number of ether oxygens (including phenoxy) is 1. The molecule has 0 aliphatic carbocycles. The fourth-order valence-corrected chi connectivity index (χ4v) is 5.80. The van der Waals surface area contributed by atoms with Gasteiger partial charge in [0.15, 0.2) is 5.13 Å². The Bertz CT molecular complexity index is 1380. The lowest BCUT2D eigenvalue weighted by Crippen LogP contribution is -2.30. The fourth-order valence-electron chi connectivity index (χ4n) is 4.83. The number of rotatable bonds is 10. The lowest BCUT2D eigenvalue weighted by Gasteiger charge is -2.29. The first kappa shape index (κ1) is 26.8. The molecule has 5 rings (SSSR count). The van der Waals surface area contributed by atoms with Gasteiger partial charge in [-0.1, -0.05) is 24.3 Å². The van der Waals surface area contributed by atoms with Gasteiger partial charge in [-0.2, -0.15) is 0 Å². The van der Waals surface area contributed by atoms with Crippen molar-refractivity contribution in [1.29, 1.82) is 0 Å². The maximum atomic E-state index is 11.2. The number of carbonyl (C=O) groups is 1. The highest BCUT2D eigenvalue weighted by molar-refractivity contribution is 7.14. The van der Waals surface area contributed by atoms with Crippen LogP contribution < -0.4 is 14.5 Å². The van der Waals surface area contributed by atoms with Crippen LogP contribution in [0.3, 0.4) is 0 Å². The van der Waals surface area contributed by atoms with E-state index >= 15 is 0 Å². The minimum Gasteiger partial charge on any atom is -0.489 e. The quantitative estimate of drug-likeness (QED) is 0.224. The molecule has 1 saturated heterocycles. The van der Waals surface area contributed by atoms with Crippen LogP contribution in [-0.2, 0) is 13.2 Å². The minimum absolute atomic E-state index is 0.243. The predicted octanol–water partition coefficient (Wildman–Crippen LogP) is 7.49. The Morgan fingerprint density at radius 1 is 1.00 bits per heavy atom. The number of hydrogen-bond donors (Lipinski definition) is 1. The topological polar surface area (TPSA) is 65.9 Å². The number of thiazole rings is 1. The summed E-state index contributed by atoms with van der Waals surface area (Å²) in [5.41, 5.74) is 5.79. The molecule has 4 aromatic rings. The van der Waals surface area contributed by atoms with Crippen molar-refractivity contribution < 1.29 is 14.6 Å². The average Bonchev–Trinajstić information content (AvgIpc) is 3.46. The van der Waals surface area contributed by atoms with E-state index in [1.807, 2.05) is 24.3 Å². The summed E-state index contributed by atoms with van der Waals surface area (Å²) >= 11 is 1.62. The molecule has 0 saturated carbocycles. The third kappa shape index (κ3) is 6.79. The van der Waals surface area contributed by atoms with E-state index in [9.17, 15) is 4.79 Å². The zero-order valence-electron chi connectivity index (χ0n) is 22.5. The SMILES string of the molecule is CC(C)N(Cc1ccc(C(=O)O)cc1)c1nc(-c2ccc(OCc3cccc(N4CCCCC4)c3)cc2)cs1. The van der Waals surface area contributed by atoms with Gasteiger partial charge in [0, 0.05) is 42.3 Å². The minimum atomic E-state index is -0.912. The molecule has 1 fully saturated rings. The molecule has 39 heavy (non-hydrogen) atoms. The number of aromatic nitrogens is 1. The van der Waals surface area contributed by atoms with Crippen molar-refractivity contribution in [2.75, 3.05) is 22.9 Å². The second-order valence-electron chi connectivity index (χ2n) is 10.3. The first-order valence-electron chi connectivity index (χ1n) is 13.6. The molecule has 0 spiro atoms. The fraction of sp³-hybridized carbons (Fsp3) is 0.312. The second-order valence-corrected chi connectivity index (χ2v) is 11.1. The highest BCUT2D eigenvalue weighted by atomic mass is 32.1. The number of carboxylic acid groups (broad SMARTS) is 1. The summed E-state index contributed by atoms with van der Waals surface area (Å²) < 4.78 is 6.11. The van der Waals surface area contributed by atoms with Gasteiger partial charge < -0.3 is 19.6 Å². The van der Waals surface area contributed by atoms with E-state index < -0.39 is 5.97 Å². The van der Waals surface area contributed by atoms with Crippen molar-refractivity contribution in [3.63, 3.8) is 0 Å². The highest BCUT2D eigenvalue weighted by Gasteiger charge is 2.17. The van der Waals surface area contributed by atoms with Gasteiger partial charge in [0.25, 0.3) is 0 Å². The maximum absolute atomic E-state index is 11.2. The molecule has 2 heterocycles. The molecule has 202 valence electrons. The molecule has 1 aromatic heterocycles. The zero-order valence-corrected chi connectivity index (χ0v) is 23.4. The monoisotopic (exact) mass is 541 g/mol. The molecule has 1 N–H and O–H groups in total. The molecule has 0 unspecified atom stereocenters. The van der Waals surface area contributed by atoms with Crippen LogP contribution in [-0.4, -0.2) is 35.2 Å². The third-order valence-corrected chi connectivity index (χ3v) is 7.98. The number of nitrogens with zero attached hydrogens (tertiary/aromatic N) is 3. The summed E-state index contributed by atoms with van der Waals surface area (Å²) in [6.07, 6.45) is 3.87. The van der Waals surface area contributed by atoms with E-state index in [2.05, 4.69) is 65.4 Å². The summed E-state index contributed by atoms with van der Waals surface area (Å²) in [7, 11) is 0. The molecular weight excluding hydrogens is 506 g/mol. The Morgan fingerprint density at radius 2 is 1.74 bits per heavy atom. The number of aromatic carboxylic acids is 1. The van der Waals surface area contributed by atoms with Gasteiger partial charge in [0.1, 0.15) is 12.4 Å². The van der Waals surface area contributed by atoms with Gasteiger partial charge in [-0.05, 0) is 92.8 Å². The van der Waals surface area contributed by atoms with Crippen LogP contribution in [0.4, 0.5) is 10.8 Å². The summed E-state index contributed by atoms with van der Waals surface area (Å²) in [5, 5.41) is 12.2. The lowest BCUT2D eigenvalue weighted by atomic mass is 10.1. The van der Waals surface area contributed by atoms with Crippen molar-refractivity contribution >= 4 is 28.1 Å². The maximum Gasteiger partial charge on any atom is 0.335 e. The van der Waals surface area contributed by atoms with E-state index in [-0.39, 0.29) is 6.04 Å². The highest BCUT2D eigenvalue weighted by Crippen LogP contribution is 2.31. The van der Waals surface area contributed by atoms with Gasteiger partial charge in [0.05, 0.1) is 11.3 Å². The summed E-state index contributed by atoms with van der Waals surface area (Å²) in [6.45, 7) is 7.76. The van der Waals surface area contributed by atoms with E-state index in [1.165, 1.54) is 30.5 Å². The molecule has 0 atom stereocenters. The second kappa shape index (κ2) is 12.3. The van der Waals surface area contributed by atoms with Crippen LogP contribution in [0, 0.1) is 0 Å². The molecule has 1 aliphatic rings. The molecule has 0 amide bonds. The van der Waals surface area contributed by atoms with Crippen LogP contribution in [0.5, 0.6) is 5.75 Å². The van der Waals surface area contributed by atoms with Gasteiger partial charge in [-0.15, -0.1) is 11.3 Å². The summed E-state index contributed by atoms with van der Waals surface area (Å²) in [6, 6.07) is 24.1. The smallest absolute Gasteiger partial charge is 0.335 e. The zero-order chi connectivity index (χ0) is 27.2. The molecule has 1 aliphatic heterocycles. The Balaban J connectivity index is 1.21. The number of carboxylic acids is 1. The van der Waals surface area contributed by atoms with Gasteiger partial charge in [-0.3, -0.25) is 0 Å². The summed E-state index contributed by atoms with van der Waals surface area (Å²) in [4.78, 5) is 20.8. The van der Waals surface area contributed by atoms with Gasteiger partial charge >= 0.3 is 5.97 Å². The molecule has 0 radical (unpaired) electrons. The number of piperidine rings is 1. The van der Waals surface area contributed by atoms with Gasteiger partial charge in [0.2, 0.25) is 0 Å². The van der Waals surface area contributed by atoms with Crippen molar-refractivity contribution in [2.24, 2.45) is 0 Å². The van der Waals surface area contributed by atoms with Crippen LogP contribution >= 0.6 is 11.3 Å². The van der Waals surface area contributed by atoms with Crippen molar-refractivity contribution in [1.82, 2.24) is 4.98 Å². The van der Waals surface area contributed by atoms with Crippen LogP contribution in [0.25, 0.3) is 11.3 Å². The first-order valence-corrected chi connectivity index (χ1v) is 14.5. The number of hydrogen-bond acceptors (Lipinski definition) is 6. The van der Waals surface area contributed by atoms with E-state index in [1.54, 1.807) is 23.5 Å². The molecule has 6 nitrogen and oxygen atoms in total. The molecular formula is C32H35N3O3S. The van der Waals surface area contributed by atoms with Crippen molar-refractivity contribution in [2.45, 2.75) is 52.3 Å². The predicted molar refractivity (Wildman–Crippen MR) is 159 cm³/mol. The first-order chi connectivity index (χ1) is 19.0. The van der Waals surface area contributed by atoms with Crippen molar-refractivity contribution in [3.8, 4) is 17.0 Å². The molecule has 7 heteroatoms. The molecule has 0 bridgehead atoms. The Hall–Kier alpha value is -3.84. The van der Waals surface area contributed by atoms with E-state index in [4.69, 9.17) is 14.8 Å². The lowest BCUT2D eigenvalue weighted by molar-refractivity contribution is 0.0697. The largest absolute Gasteiger partial charge is 0.489 e. The Kier molecular flexibility index (Phi) is 8.47. The van der Waals surface area contributed by atoms with E-state index in [0.29, 0.717) is 18.7 Å². The van der Waals surface area contributed by atoms with Crippen LogP contribution in [0.15, 0.2) is 78.2 Å².